The van der Waals surface area contributed by atoms with E-state index < -0.39 is 0 Å². The molecule has 0 aromatic rings. The monoisotopic (exact) mass is 262 g/mol. The van der Waals surface area contributed by atoms with Crippen LogP contribution < -0.4 is 5.32 Å². The van der Waals surface area contributed by atoms with Crippen LogP contribution in [0.2, 0.25) is 0 Å². The summed E-state index contributed by atoms with van der Waals surface area (Å²) in [5.41, 5.74) is 0. The first-order valence-corrected chi connectivity index (χ1v) is 7.67. The van der Waals surface area contributed by atoms with Gasteiger partial charge in [0.25, 0.3) is 0 Å². The molecule has 0 aromatic heterocycles. The van der Waals surface area contributed by atoms with E-state index >= 15 is 0 Å². The van der Waals surface area contributed by atoms with E-state index in [1.165, 1.54) is 0 Å². The number of β-amino-alcohol motifs (C(OH)–C–C–N with tert-alkyl or cyclic N) is 1. The van der Waals surface area contributed by atoms with Gasteiger partial charge in [-0.25, -0.2) is 0 Å². The first-order chi connectivity index (χ1) is 8.22. The highest BCUT2D eigenvalue weighted by Gasteiger charge is 2.15. The molecule has 1 rings (SSSR count). The molecule has 5 heteroatoms. The SMILES string of the molecule is CCSCC(C)NCC(O)CN1CCOCC1. The van der Waals surface area contributed by atoms with Crippen LogP contribution >= 0.6 is 11.8 Å². The van der Waals surface area contributed by atoms with Gasteiger partial charge in [-0.3, -0.25) is 4.90 Å². The van der Waals surface area contributed by atoms with Gasteiger partial charge in [0.1, 0.15) is 0 Å². The van der Waals surface area contributed by atoms with E-state index in [1.54, 1.807) is 0 Å². The Morgan fingerprint density at radius 2 is 2.12 bits per heavy atom. The van der Waals surface area contributed by atoms with Crippen molar-refractivity contribution in [2.75, 3.05) is 50.9 Å². The van der Waals surface area contributed by atoms with Crippen LogP contribution in [0.25, 0.3) is 0 Å². The fraction of sp³-hybridized carbons (Fsp3) is 1.00. The number of aliphatic hydroxyl groups excluding tert-OH is 1. The van der Waals surface area contributed by atoms with Crippen molar-refractivity contribution >= 4 is 11.8 Å². The third kappa shape index (κ3) is 7.26. The van der Waals surface area contributed by atoms with Crippen molar-refractivity contribution in [1.82, 2.24) is 10.2 Å². The minimum Gasteiger partial charge on any atom is -0.390 e. The Kier molecular flexibility index (Phi) is 8.22. The molecule has 0 aromatic carbocycles. The molecule has 2 atom stereocenters. The standard InChI is InChI=1S/C12H26N2O2S/c1-3-17-10-11(2)13-8-12(15)9-14-4-6-16-7-5-14/h11-13,15H,3-10H2,1-2H3. The summed E-state index contributed by atoms with van der Waals surface area (Å²) in [7, 11) is 0. The highest BCUT2D eigenvalue weighted by Crippen LogP contribution is 2.02. The molecule has 1 aliphatic heterocycles. The molecule has 0 aliphatic carbocycles. The normalized spacial score (nSPS) is 21.4. The van der Waals surface area contributed by atoms with Crippen LogP contribution in [0.3, 0.4) is 0 Å². The van der Waals surface area contributed by atoms with Crippen LogP contribution in [-0.2, 0) is 4.74 Å². The molecule has 0 amide bonds. The molecular weight excluding hydrogens is 236 g/mol. The Morgan fingerprint density at radius 3 is 2.76 bits per heavy atom. The zero-order valence-corrected chi connectivity index (χ0v) is 11.8. The summed E-state index contributed by atoms with van der Waals surface area (Å²) >= 11 is 1.93. The lowest BCUT2D eigenvalue weighted by Crippen LogP contribution is -2.45. The molecule has 2 unspecified atom stereocenters. The summed E-state index contributed by atoms with van der Waals surface area (Å²) in [4.78, 5) is 2.27. The van der Waals surface area contributed by atoms with Crippen molar-refractivity contribution in [3.63, 3.8) is 0 Å². The van der Waals surface area contributed by atoms with E-state index in [0.29, 0.717) is 12.6 Å². The van der Waals surface area contributed by atoms with Crippen molar-refractivity contribution in [3.05, 3.63) is 0 Å². The lowest BCUT2D eigenvalue weighted by Gasteiger charge is -2.29. The van der Waals surface area contributed by atoms with E-state index in [2.05, 4.69) is 24.1 Å². The second-order valence-corrected chi connectivity index (χ2v) is 5.85. The van der Waals surface area contributed by atoms with E-state index in [1.807, 2.05) is 11.8 Å². The van der Waals surface area contributed by atoms with Gasteiger partial charge in [-0.2, -0.15) is 11.8 Å². The minimum atomic E-state index is -0.276. The molecule has 0 radical (unpaired) electrons. The van der Waals surface area contributed by atoms with Crippen molar-refractivity contribution in [2.24, 2.45) is 0 Å². The minimum absolute atomic E-state index is 0.276. The molecule has 2 N–H and O–H groups in total. The second kappa shape index (κ2) is 9.16. The molecule has 0 spiro atoms. The lowest BCUT2D eigenvalue weighted by molar-refractivity contribution is 0.0146. The first-order valence-electron chi connectivity index (χ1n) is 6.51. The summed E-state index contributed by atoms with van der Waals surface area (Å²) in [5, 5.41) is 13.3. The molecule has 1 heterocycles. The predicted molar refractivity (Wildman–Crippen MR) is 73.7 cm³/mol. The molecule has 0 saturated carbocycles. The average Bonchev–Trinajstić information content (AvgIpc) is 2.35. The van der Waals surface area contributed by atoms with Crippen LogP contribution in [0.5, 0.6) is 0 Å². The zero-order valence-electron chi connectivity index (χ0n) is 11.0. The number of nitrogens with one attached hydrogen (secondary N) is 1. The number of morpholine rings is 1. The maximum atomic E-state index is 9.92. The second-order valence-electron chi connectivity index (χ2n) is 4.54. The van der Waals surface area contributed by atoms with E-state index in [0.717, 1.165) is 44.4 Å². The molecule has 102 valence electrons. The number of ether oxygens (including phenoxy) is 1. The van der Waals surface area contributed by atoms with Crippen molar-refractivity contribution in [2.45, 2.75) is 26.0 Å². The van der Waals surface area contributed by atoms with Gasteiger partial charge in [-0.15, -0.1) is 0 Å². The molecular formula is C12H26N2O2S. The zero-order chi connectivity index (χ0) is 12.5. The molecule has 17 heavy (non-hydrogen) atoms. The maximum absolute atomic E-state index is 9.92. The first kappa shape index (κ1) is 15.2. The Bertz CT molecular complexity index is 189. The average molecular weight is 262 g/mol. The van der Waals surface area contributed by atoms with E-state index in [4.69, 9.17) is 4.74 Å². The van der Waals surface area contributed by atoms with E-state index in [-0.39, 0.29) is 6.10 Å². The van der Waals surface area contributed by atoms with Gasteiger partial charge < -0.3 is 15.2 Å². The van der Waals surface area contributed by atoms with Gasteiger partial charge in [0.05, 0.1) is 19.3 Å². The Hall–Kier alpha value is 0.190. The number of nitrogens with zero attached hydrogens (tertiary/aromatic N) is 1. The molecule has 0 bridgehead atoms. The summed E-state index contributed by atoms with van der Waals surface area (Å²) in [6.07, 6.45) is -0.276. The fourth-order valence-electron chi connectivity index (χ4n) is 1.84. The van der Waals surface area contributed by atoms with Gasteiger partial charge >= 0.3 is 0 Å². The topological polar surface area (TPSA) is 44.7 Å². The molecule has 1 aliphatic rings. The Morgan fingerprint density at radius 1 is 1.41 bits per heavy atom. The number of aliphatic hydroxyl groups is 1. The van der Waals surface area contributed by atoms with Crippen LogP contribution in [0.1, 0.15) is 13.8 Å². The largest absolute Gasteiger partial charge is 0.390 e. The van der Waals surface area contributed by atoms with Gasteiger partial charge in [-0.05, 0) is 12.7 Å². The van der Waals surface area contributed by atoms with Crippen molar-refractivity contribution in [3.8, 4) is 0 Å². The van der Waals surface area contributed by atoms with Gasteiger partial charge in [0.2, 0.25) is 0 Å². The van der Waals surface area contributed by atoms with E-state index in [9.17, 15) is 5.11 Å². The van der Waals surface area contributed by atoms with Crippen molar-refractivity contribution < 1.29 is 9.84 Å². The Balaban J connectivity index is 2.05. The lowest BCUT2D eigenvalue weighted by atomic mass is 10.2. The van der Waals surface area contributed by atoms with Gasteiger partial charge in [-0.1, -0.05) is 6.92 Å². The van der Waals surface area contributed by atoms with Crippen LogP contribution in [0.4, 0.5) is 0 Å². The summed E-state index contributed by atoms with van der Waals surface area (Å²) < 4.78 is 5.28. The maximum Gasteiger partial charge on any atom is 0.0791 e. The van der Waals surface area contributed by atoms with Crippen LogP contribution in [0.15, 0.2) is 0 Å². The van der Waals surface area contributed by atoms with Crippen LogP contribution in [-0.4, -0.2) is 73.1 Å². The Labute approximate surface area is 109 Å². The third-order valence-electron chi connectivity index (χ3n) is 2.85. The summed E-state index contributed by atoms with van der Waals surface area (Å²) in [6, 6.07) is 0.472. The highest BCUT2D eigenvalue weighted by molar-refractivity contribution is 7.99. The predicted octanol–water partition coefficient (Wildman–Crippen LogP) is 0.411. The summed E-state index contributed by atoms with van der Waals surface area (Å²) in [6.45, 7) is 9.26. The molecule has 1 fully saturated rings. The number of hydrogen-bond donors (Lipinski definition) is 2. The molecule has 1 saturated heterocycles. The smallest absolute Gasteiger partial charge is 0.0791 e. The number of hydrogen-bond acceptors (Lipinski definition) is 5. The highest BCUT2D eigenvalue weighted by atomic mass is 32.2. The van der Waals surface area contributed by atoms with Crippen molar-refractivity contribution in [1.29, 1.82) is 0 Å². The number of thioether (sulfide) groups is 1. The molecule has 4 nitrogen and oxygen atoms in total. The quantitative estimate of drug-likeness (QED) is 0.663. The van der Waals surface area contributed by atoms with Crippen LogP contribution in [0, 0.1) is 0 Å². The third-order valence-corrected chi connectivity index (χ3v) is 3.99. The summed E-state index contributed by atoms with van der Waals surface area (Å²) in [5.74, 6) is 2.27. The number of rotatable bonds is 8. The van der Waals surface area contributed by atoms with Gasteiger partial charge in [0.15, 0.2) is 0 Å². The fourth-order valence-corrected chi connectivity index (χ4v) is 2.54. The van der Waals surface area contributed by atoms with Gasteiger partial charge in [0, 0.05) is 38.0 Å².